The lowest BCUT2D eigenvalue weighted by atomic mass is 9.97. The molecule has 2 N–H and O–H groups in total. The Bertz CT molecular complexity index is 1050. The smallest absolute Gasteiger partial charge is 0.337 e. The number of aromatic amines is 1. The molecule has 0 fully saturated rings. The Morgan fingerprint density at radius 1 is 1.23 bits per heavy atom. The lowest BCUT2D eigenvalue weighted by Crippen LogP contribution is -2.24. The third-order valence-corrected chi connectivity index (χ3v) is 4.99. The Hall–Kier alpha value is -3.35. The van der Waals surface area contributed by atoms with Crippen LogP contribution in [0.4, 0.5) is 0 Å². The van der Waals surface area contributed by atoms with Gasteiger partial charge in [0.15, 0.2) is 5.94 Å². The first kappa shape index (κ1) is 21.4. The monoisotopic (exact) mass is 412 g/mol. The van der Waals surface area contributed by atoms with Crippen LogP contribution in [0.3, 0.4) is 0 Å². The average Bonchev–Trinajstić information content (AvgIpc) is 3.33. The van der Waals surface area contributed by atoms with Gasteiger partial charge in [-0.1, -0.05) is 19.8 Å². The van der Waals surface area contributed by atoms with Crippen molar-refractivity contribution in [2.75, 3.05) is 14.2 Å². The zero-order chi connectivity index (χ0) is 21.7. The van der Waals surface area contributed by atoms with Crippen LogP contribution in [0.25, 0.3) is 16.5 Å². The molecule has 1 aromatic carbocycles. The van der Waals surface area contributed by atoms with E-state index in [0.29, 0.717) is 23.3 Å². The number of methoxy groups -OCH3 is 1. The second-order valence-electron chi connectivity index (χ2n) is 6.93. The molecule has 0 bridgehead atoms. The second-order valence-corrected chi connectivity index (χ2v) is 6.93. The molecule has 1 amide bonds. The van der Waals surface area contributed by atoms with Gasteiger partial charge in [0.05, 0.1) is 19.8 Å². The van der Waals surface area contributed by atoms with Crippen molar-refractivity contribution < 1.29 is 28.7 Å². The number of hydrogen-bond acceptors (Lipinski definition) is 6. The number of H-pyrrole nitrogens is 1. The summed E-state index contributed by atoms with van der Waals surface area (Å²) in [7, 11) is 2.64. The summed E-state index contributed by atoms with van der Waals surface area (Å²) in [6, 6.07) is 6.94. The van der Waals surface area contributed by atoms with Gasteiger partial charge in [-0.25, -0.2) is 15.1 Å². The molecule has 2 heterocycles. The van der Waals surface area contributed by atoms with E-state index in [9.17, 15) is 14.4 Å². The molecule has 8 nitrogen and oxygen atoms in total. The van der Waals surface area contributed by atoms with E-state index >= 15 is 0 Å². The number of esters is 1. The van der Waals surface area contributed by atoms with E-state index in [4.69, 9.17) is 14.3 Å². The number of carbonyl (C=O) groups excluding carboxylic acids is 3. The first-order valence-electron chi connectivity index (χ1n) is 9.75. The van der Waals surface area contributed by atoms with Crippen LogP contribution in [0.2, 0.25) is 0 Å². The second kappa shape index (κ2) is 9.43. The highest BCUT2D eigenvalue weighted by atomic mass is 16.6. The molecule has 1 aliphatic rings. The van der Waals surface area contributed by atoms with Gasteiger partial charge in [0.1, 0.15) is 11.7 Å². The molecule has 3 rings (SSSR count). The van der Waals surface area contributed by atoms with Crippen LogP contribution in [-0.2, 0) is 23.9 Å². The van der Waals surface area contributed by atoms with Crippen molar-refractivity contribution >= 4 is 34.3 Å². The SMILES string of the molecule is CCCCCC1OC(=C=O)C(C(=O)NOC)=C1c1cc2cc(C(=O)OC)ccc2[nH]1. The minimum absolute atomic E-state index is 0.0908. The summed E-state index contributed by atoms with van der Waals surface area (Å²) < 4.78 is 10.6. The Morgan fingerprint density at radius 3 is 2.70 bits per heavy atom. The lowest BCUT2D eigenvalue weighted by Gasteiger charge is -2.13. The maximum absolute atomic E-state index is 12.6. The van der Waals surface area contributed by atoms with Crippen molar-refractivity contribution in [3.05, 3.63) is 46.9 Å². The first-order valence-corrected chi connectivity index (χ1v) is 9.75. The number of benzene rings is 1. The third kappa shape index (κ3) is 4.15. The van der Waals surface area contributed by atoms with Gasteiger partial charge in [-0.2, -0.15) is 0 Å². The number of amides is 1. The Kier molecular flexibility index (Phi) is 6.72. The summed E-state index contributed by atoms with van der Waals surface area (Å²) in [5.74, 6) is 0.567. The third-order valence-electron chi connectivity index (χ3n) is 4.99. The van der Waals surface area contributed by atoms with E-state index in [1.54, 1.807) is 24.1 Å². The highest BCUT2D eigenvalue weighted by molar-refractivity contribution is 6.08. The number of nitrogens with one attached hydrogen (secondary N) is 2. The fraction of sp³-hybridized carbons (Fsp3) is 0.364. The van der Waals surface area contributed by atoms with Crippen LogP contribution in [0.5, 0.6) is 0 Å². The van der Waals surface area contributed by atoms with Crippen LogP contribution >= 0.6 is 0 Å². The molecule has 2 aromatic rings. The number of hydroxylamine groups is 1. The van der Waals surface area contributed by atoms with Gasteiger partial charge in [0.25, 0.3) is 5.91 Å². The van der Waals surface area contributed by atoms with Crippen LogP contribution in [-0.4, -0.2) is 43.1 Å². The number of fused-ring (bicyclic) bond motifs is 1. The Labute approximate surface area is 173 Å². The molecular formula is C22H24N2O6. The summed E-state index contributed by atoms with van der Waals surface area (Å²) in [5, 5.41) is 0.766. The highest BCUT2D eigenvalue weighted by Crippen LogP contribution is 2.39. The van der Waals surface area contributed by atoms with Crippen LogP contribution in [0.15, 0.2) is 35.6 Å². The zero-order valence-corrected chi connectivity index (χ0v) is 17.2. The predicted octanol–water partition coefficient (Wildman–Crippen LogP) is 3.08. The molecule has 0 saturated carbocycles. The Balaban J connectivity index is 2.11. The number of hydrogen-bond donors (Lipinski definition) is 2. The molecular weight excluding hydrogens is 388 g/mol. The molecule has 1 unspecified atom stereocenters. The molecule has 30 heavy (non-hydrogen) atoms. The summed E-state index contributed by atoms with van der Waals surface area (Å²) >= 11 is 0. The summed E-state index contributed by atoms with van der Waals surface area (Å²) in [6.07, 6.45) is 3.08. The molecule has 1 aromatic heterocycles. The van der Waals surface area contributed by atoms with Gasteiger partial charge < -0.3 is 14.5 Å². The molecule has 0 aliphatic carbocycles. The van der Waals surface area contributed by atoms with E-state index in [1.165, 1.54) is 14.2 Å². The normalized spacial score (nSPS) is 15.8. The molecule has 0 saturated heterocycles. The van der Waals surface area contributed by atoms with Gasteiger partial charge >= 0.3 is 5.97 Å². The van der Waals surface area contributed by atoms with Crippen molar-refractivity contribution in [2.45, 2.75) is 38.7 Å². The molecule has 1 aliphatic heterocycles. The van der Waals surface area contributed by atoms with Gasteiger partial charge in [0.2, 0.25) is 5.76 Å². The number of rotatable bonds is 8. The maximum Gasteiger partial charge on any atom is 0.337 e. The molecule has 0 spiro atoms. The van der Waals surface area contributed by atoms with E-state index < -0.39 is 18.0 Å². The van der Waals surface area contributed by atoms with Crippen molar-refractivity contribution in [3.63, 3.8) is 0 Å². The number of carbonyl (C=O) groups is 2. The minimum Gasteiger partial charge on any atom is -0.474 e. The van der Waals surface area contributed by atoms with Gasteiger partial charge in [-0.05, 0) is 37.1 Å². The lowest BCUT2D eigenvalue weighted by molar-refractivity contribution is -0.127. The van der Waals surface area contributed by atoms with Crippen LogP contribution < -0.4 is 5.48 Å². The van der Waals surface area contributed by atoms with E-state index in [0.717, 1.165) is 30.2 Å². The molecule has 158 valence electrons. The maximum atomic E-state index is 12.6. The average molecular weight is 412 g/mol. The fourth-order valence-electron chi connectivity index (χ4n) is 3.60. The van der Waals surface area contributed by atoms with Gasteiger partial charge in [0, 0.05) is 22.2 Å². The molecule has 1 atom stereocenters. The summed E-state index contributed by atoms with van der Waals surface area (Å²) in [4.78, 5) is 44.0. The summed E-state index contributed by atoms with van der Waals surface area (Å²) in [5.41, 5.74) is 4.72. The van der Waals surface area contributed by atoms with Crippen molar-refractivity contribution in [2.24, 2.45) is 0 Å². The van der Waals surface area contributed by atoms with Crippen LogP contribution in [0, 0.1) is 0 Å². The van der Waals surface area contributed by atoms with Gasteiger partial charge in [-0.15, -0.1) is 0 Å². The summed E-state index contributed by atoms with van der Waals surface area (Å²) in [6.45, 7) is 2.09. The predicted molar refractivity (Wildman–Crippen MR) is 110 cm³/mol. The number of unbranched alkanes of at least 4 members (excludes halogenated alkanes) is 2. The molecule has 0 radical (unpaired) electrons. The quantitative estimate of drug-likeness (QED) is 0.299. The van der Waals surface area contributed by atoms with E-state index in [-0.39, 0.29) is 11.3 Å². The van der Waals surface area contributed by atoms with Gasteiger partial charge in [-0.3, -0.25) is 9.63 Å². The number of aromatic nitrogens is 1. The van der Waals surface area contributed by atoms with Crippen molar-refractivity contribution in [1.29, 1.82) is 0 Å². The highest BCUT2D eigenvalue weighted by Gasteiger charge is 2.37. The number of ether oxygens (including phenoxy) is 2. The topological polar surface area (TPSA) is 107 Å². The Morgan fingerprint density at radius 2 is 2.03 bits per heavy atom. The minimum atomic E-state index is -0.585. The molecule has 8 heteroatoms. The van der Waals surface area contributed by atoms with E-state index in [2.05, 4.69) is 17.4 Å². The van der Waals surface area contributed by atoms with Crippen molar-refractivity contribution in [1.82, 2.24) is 10.5 Å². The standard InChI is InChI=1S/C22H24N2O6/c1-4-5-6-7-17-19(20(18(12-25)30-17)21(26)24-29-3)16-11-14-10-13(22(27)28-2)8-9-15(14)23-16/h8-11,17,23H,4-7H2,1-3H3,(H,24,26). The van der Waals surface area contributed by atoms with Crippen LogP contribution in [0.1, 0.15) is 48.7 Å². The van der Waals surface area contributed by atoms with Crippen molar-refractivity contribution in [3.8, 4) is 0 Å². The first-order chi connectivity index (χ1) is 14.5. The van der Waals surface area contributed by atoms with E-state index in [1.807, 2.05) is 6.07 Å². The fourth-order valence-corrected chi connectivity index (χ4v) is 3.60. The zero-order valence-electron chi connectivity index (χ0n) is 17.2. The largest absolute Gasteiger partial charge is 0.474 e.